The molecule has 2 fully saturated rings. The van der Waals surface area contributed by atoms with Crippen LogP contribution >= 0.6 is 23.1 Å². The minimum Gasteiger partial charge on any atom is -0.543 e. The van der Waals surface area contributed by atoms with Crippen molar-refractivity contribution in [1.29, 1.82) is 0 Å². The Kier molecular flexibility index (Phi) is 7.44. The van der Waals surface area contributed by atoms with Crippen molar-refractivity contribution in [3.05, 3.63) is 21.7 Å². The number of piperidine rings is 1. The van der Waals surface area contributed by atoms with Gasteiger partial charge >= 0.3 is 29.6 Å². The van der Waals surface area contributed by atoms with E-state index in [2.05, 4.69) is 9.88 Å². The molecule has 4 rings (SSSR count). The van der Waals surface area contributed by atoms with Crippen LogP contribution in [0.1, 0.15) is 37.2 Å². The zero-order chi connectivity index (χ0) is 21.7. The molecule has 1 aromatic rings. The van der Waals surface area contributed by atoms with E-state index >= 15 is 0 Å². The van der Waals surface area contributed by atoms with E-state index in [1.807, 2.05) is 6.92 Å². The summed E-state index contributed by atoms with van der Waals surface area (Å²) in [6.45, 7) is 4.93. The van der Waals surface area contributed by atoms with Gasteiger partial charge in [0, 0.05) is 34.5 Å². The molecular formula is C19H23N4NaO5S2. The third-order valence-electron chi connectivity index (χ3n) is 6.05. The topological polar surface area (TPSA) is 140 Å². The number of carbonyl (C=O) groups is 3. The van der Waals surface area contributed by atoms with Crippen LogP contribution in [0.25, 0.3) is 0 Å². The number of primary amides is 1. The first-order chi connectivity index (χ1) is 14.2. The first-order valence-corrected chi connectivity index (χ1v) is 11.6. The number of nitrogens with zero attached hydrogens (tertiary/aromatic N) is 3. The molecule has 0 aliphatic carbocycles. The number of rotatable bonds is 6. The second-order valence-electron chi connectivity index (χ2n) is 7.94. The number of carboxylic acids is 1. The summed E-state index contributed by atoms with van der Waals surface area (Å²) in [6.07, 6.45) is 0.802. The van der Waals surface area contributed by atoms with Crippen molar-refractivity contribution in [2.24, 2.45) is 17.6 Å². The second kappa shape index (κ2) is 9.40. The number of amides is 2. The van der Waals surface area contributed by atoms with E-state index in [1.165, 1.54) is 28.0 Å². The summed E-state index contributed by atoms with van der Waals surface area (Å²) in [7, 11) is 0. The van der Waals surface area contributed by atoms with Gasteiger partial charge in [-0.05, 0) is 19.8 Å². The van der Waals surface area contributed by atoms with Crippen LogP contribution in [0.3, 0.4) is 0 Å². The standard InChI is InChI=1S/C19H24N4O5S2.Na/c1-8-13-12(9(2)24)17(26)23(13)14(18(27)28)15(8)30-10-3-5-22(6-4-10)19-21-11(7-29-19)16(20)25;/h7-10,12-13,24H,3-6H2,1-2H3,(H2,20,25)(H,27,28);/q;+1/p-1/t8-,9?,12?,13?;/m1./s1. The summed E-state index contributed by atoms with van der Waals surface area (Å²) in [4.78, 5) is 43.8. The van der Waals surface area contributed by atoms with Crippen molar-refractivity contribution in [2.45, 2.75) is 44.1 Å². The largest absolute Gasteiger partial charge is 1.00 e. The molecule has 3 unspecified atom stereocenters. The summed E-state index contributed by atoms with van der Waals surface area (Å²) in [5.74, 6) is -2.97. The van der Waals surface area contributed by atoms with E-state index in [-0.39, 0.29) is 64.1 Å². The van der Waals surface area contributed by atoms with Crippen LogP contribution in [0.5, 0.6) is 0 Å². The predicted molar refractivity (Wildman–Crippen MR) is 110 cm³/mol. The normalized spacial score (nSPS) is 26.9. The summed E-state index contributed by atoms with van der Waals surface area (Å²) in [5, 5.41) is 24.4. The van der Waals surface area contributed by atoms with E-state index in [0.717, 1.165) is 31.1 Å². The number of aromatic nitrogens is 1. The fraction of sp³-hybridized carbons (Fsp3) is 0.579. The van der Waals surface area contributed by atoms with Crippen LogP contribution in [0.15, 0.2) is 16.0 Å². The number of thiazole rings is 1. The van der Waals surface area contributed by atoms with Crippen molar-refractivity contribution < 1.29 is 54.2 Å². The molecule has 0 saturated carbocycles. The number of thioether (sulfide) groups is 1. The molecule has 31 heavy (non-hydrogen) atoms. The molecule has 0 radical (unpaired) electrons. The van der Waals surface area contributed by atoms with Gasteiger partial charge in [-0.25, -0.2) is 4.98 Å². The van der Waals surface area contributed by atoms with Gasteiger partial charge < -0.3 is 30.5 Å². The SMILES string of the molecule is CC(O)C1C(=O)N2C(C(=O)[O-])=C(SC3CCN(c4nc(C(N)=O)cs4)CC3)[C@H](C)C12.[Na+]. The van der Waals surface area contributed by atoms with Crippen molar-refractivity contribution in [2.75, 3.05) is 18.0 Å². The number of aliphatic hydroxyl groups is 1. The maximum absolute atomic E-state index is 12.4. The molecule has 9 nitrogen and oxygen atoms in total. The number of hydrogen-bond acceptors (Lipinski definition) is 9. The molecule has 162 valence electrons. The molecule has 1 aromatic heterocycles. The minimum absolute atomic E-state index is 0. The summed E-state index contributed by atoms with van der Waals surface area (Å²) < 4.78 is 0. The van der Waals surface area contributed by atoms with Crippen LogP contribution in [0.2, 0.25) is 0 Å². The summed E-state index contributed by atoms with van der Waals surface area (Å²) >= 11 is 2.89. The van der Waals surface area contributed by atoms with E-state index in [4.69, 9.17) is 5.73 Å². The molecule has 2 amide bonds. The first kappa shape index (κ1) is 24.5. The number of fused-ring (bicyclic) bond motifs is 1. The van der Waals surface area contributed by atoms with Crippen molar-refractivity contribution in [3.8, 4) is 0 Å². The van der Waals surface area contributed by atoms with E-state index in [1.54, 1.807) is 12.3 Å². The zero-order valence-corrected chi connectivity index (χ0v) is 21.2. The Balaban J connectivity index is 0.00000272. The molecule has 4 atom stereocenters. The molecule has 3 aliphatic heterocycles. The molecule has 4 heterocycles. The van der Waals surface area contributed by atoms with Gasteiger partial charge in [-0.1, -0.05) is 6.92 Å². The van der Waals surface area contributed by atoms with Crippen molar-refractivity contribution in [3.63, 3.8) is 0 Å². The quantitative estimate of drug-likeness (QED) is 0.324. The van der Waals surface area contributed by atoms with Gasteiger partial charge in [0.15, 0.2) is 5.13 Å². The second-order valence-corrected chi connectivity index (χ2v) is 10.1. The molecule has 12 heteroatoms. The Morgan fingerprint density at radius 2 is 2.03 bits per heavy atom. The average Bonchev–Trinajstić information content (AvgIpc) is 3.26. The number of aliphatic carboxylic acids is 1. The van der Waals surface area contributed by atoms with Gasteiger partial charge in [-0.3, -0.25) is 9.59 Å². The Morgan fingerprint density at radius 1 is 1.39 bits per heavy atom. The number of β-lactam (4-membered cyclic amide) rings is 1. The summed E-state index contributed by atoms with van der Waals surface area (Å²) in [6, 6.07) is -0.324. The van der Waals surface area contributed by atoms with E-state index in [9.17, 15) is 24.6 Å². The monoisotopic (exact) mass is 474 g/mol. The smallest absolute Gasteiger partial charge is 0.543 e. The zero-order valence-electron chi connectivity index (χ0n) is 17.6. The minimum atomic E-state index is -1.34. The maximum atomic E-state index is 12.4. The number of anilines is 1. The third-order valence-corrected chi connectivity index (χ3v) is 8.58. The van der Waals surface area contributed by atoms with Crippen LogP contribution in [0, 0.1) is 11.8 Å². The molecule has 0 spiro atoms. The van der Waals surface area contributed by atoms with Crippen LogP contribution in [-0.2, 0) is 9.59 Å². The number of hydrogen-bond donors (Lipinski definition) is 2. The third kappa shape index (κ3) is 4.28. The van der Waals surface area contributed by atoms with E-state index < -0.39 is 23.9 Å². The fourth-order valence-corrected chi connectivity index (χ4v) is 6.86. The van der Waals surface area contributed by atoms with Crippen LogP contribution in [0.4, 0.5) is 5.13 Å². The van der Waals surface area contributed by atoms with Gasteiger partial charge in [-0.2, -0.15) is 0 Å². The molecule has 3 N–H and O–H groups in total. The van der Waals surface area contributed by atoms with Crippen molar-refractivity contribution in [1.82, 2.24) is 9.88 Å². The first-order valence-electron chi connectivity index (χ1n) is 9.84. The van der Waals surface area contributed by atoms with Crippen molar-refractivity contribution >= 4 is 46.0 Å². The van der Waals surface area contributed by atoms with Gasteiger partial charge in [0.1, 0.15) is 5.69 Å². The Bertz CT molecular complexity index is 928. The van der Waals surface area contributed by atoms with Crippen LogP contribution < -0.4 is 45.3 Å². The Labute approximate surface area is 210 Å². The van der Waals surface area contributed by atoms with Crippen LogP contribution in [-0.4, -0.2) is 63.3 Å². The molecule has 3 aliphatic rings. The fourth-order valence-electron chi connectivity index (χ4n) is 4.54. The van der Waals surface area contributed by atoms with Gasteiger partial charge in [0.05, 0.1) is 29.7 Å². The van der Waals surface area contributed by atoms with Gasteiger partial charge in [0.25, 0.3) is 5.91 Å². The Morgan fingerprint density at radius 3 is 2.55 bits per heavy atom. The number of aliphatic hydroxyl groups excluding tert-OH is 1. The number of nitrogens with two attached hydrogens (primary N) is 1. The Hall–Kier alpha value is -1.11. The molecule has 0 aromatic carbocycles. The number of carboxylic acid groups (broad SMARTS) is 1. The molecule has 2 saturated heterocycles. The van der Waals surface area contributed by atoms with Gasteiger partial charge in [0.2, 0.25) is 5.91 Å². The predicted octanol–water partition coefficient (Wildman–Crippen LogP) is -3.23. The molecular weight excluding hydrogens is 451 g/mol. The molecule has 0 bridgehead atoms. The van der Waals surface area contributed by atoms with Gasteiger partial charge in [-0.15, -0.1) is 23.1 Å². The summed E-state index contributed by atoms with van der Waals surface area (Å²) in [5.41, 5.74) is 5.49. The maximum Gasteiger partial charge on any atom is 1.00 e. The average molecular weight is 475 g/mol. The van der Waals surface area contributed by atoms with E-state index in [0.29, 0.717) is 4.91 Å². The number of carbonyl (C=O) groups excluding carboxylic acids is 3.